The van der Waals surface area contributed by atoms with E-state index in [-0.39, 0.29) is 6.61 Å². The zero-order valence-corrected chi connectivity index (χ0v) is 10.7. The minimum Gasteiger partial charge on any atom is -0.408 e. The smallest absolute Gasteiger partial charge is 0.408 e. The summed E-state index contributed by atoms with van der Waals surface area (Å²) >= 11 is 0. The van der Waals surface area contributed by atoms with E-state index in [1.807, 2.05) is 4.90 Å². The number of nitrogens with zero attached hydrogens (tertiary/aromatic N) is 1. The van der Waals surface area contributed by atoms with Crippen LogP contribution in [0.4, 0.5) is 11.4 Å². The van der Waals surface area contributed by atoms with Gasteiger partial charge in [-0.15, -0.1) is 0 Å². The van der Waals surface area contributed by atoms with Crippen LogP contribution in [0.25, 0.3) is 11.1 Å². The number of rotatable bonds is 6. The number of aromatic amines is 1. The van der Waals surface area contributed by atoms with Crippen molar-refractivity contribution in [3.63, 3.8) is 0 Å². The number of anilines is 2. The third-order valence-corrected chi connectivity index (χ3v) is 2.84. The van der Waals surface area contributed by atoms with E-state index in [9.17, 15) is 4.79 Å². The van der Waals surface area contributed by atoms with E-state index >= 15 is 0 Å². The molecule has 1 heterocycles. The standard InChI is InChI=1S/C12H17N3O4/c1-18-5-3-15(2-4-16)10-7-9-11(6-8(10)13)19-12(17)14-9/h6-7,16H,2-5,13H2,1H3,(H,14,17). The second-order valence-corrected chi connectivity index (χ2v) is 4.13. The summed E-state index contributed by atoms with van der Waals surface area (Å²) in [6, 6.07) is 3.33. The third kappa shape index (κ3) is 2.88. The average molecular weight is 267 g/mol. The molecule has 0 radical (unpaired) electrons. The van der Waals surface area contributed by atoms with Gasteiger partial charge in [-0.05, 0) is 6.07 Å². The van der Waals surface area contributed by atoms with Crippen LogP contribution in [0.2, 0.25) is 0 Å². The zero-order chi connectivity index (χ0) is 13.8. The highest BCUT2D eigenvalue weighted by molar-refractivity contribution is 5.85. The average Bonchev–Trinajstić information content (AvgIpc) is 2.73. The first-order chi connectivity index (χ1) is 9.15. The van der Waals surface area contributed by atoms with Crippen molar-refractivity contribution in [3.8, 4) is 0 Å². The second-order valence-electron chi connectivity index (χ2n) is 4.13. The Morgan fingerprint density at radius 3 is 2.95 bits per heavy atom. The van der Waals surface area contributed by atoms with Crippen LogP contribution in [0.1, 0.15) is 0 Å². The quantitative estimate of drug-likeness (QED) is 0.643. The molecule has 0 fully saturated rings. The molecule has 0 saturated carbocycles. The summed E-state index contributed by atoms with van der Waals surface area (Å²) in [6.45, 7) is 1.54. The van der Waals surface area contributed by atoms with E-state index in [0.717, 1.165) is 5.69 Å². The fraction of sp³-hybridized carbons (Fsp3) is 0.417. The van der Waals surface area contributed by atoms with Gasteiger partial charge in [0, 0.05) is 26.3 Å². The molecule has 2 aromatic rings. The molecule has 0 aliphatic carbocycles. The van der Waals surface area contributed by atoms with Crippen LogP contribution in [-0.4, -0.2) is 43.5 Å². The highest BCUT2D eigenvalue weighted by Crippen LogP contribution is 2.27. The predicted octanol–water partition coefficient (Wildman–Crippen LogP) is 0.148. The van der Waals surface area contributed by atoms with Crippen LogP contribution in [-0.2, 0) is 4.74 Å². The van der Waals surface area contributed by atoms with Crippen molar-refractivity contribution < 1.29 is 14.3 Å². The Labute approximate surface area is 109 Å². The van der Waals surface area contributed by atoms with Crippen LogP contribution in [0.3, 0.4) is 0 Å². The maximum absolute atomic E-state index is 11.1. The number of aliphatic hydroxyl groups is 1. The fourth-order valence-electron chi connectivity index (χ4n) is 1.95. The lowest BCUT2D eigenvalue weighted by molar-refractivity contribution is 0.203. The molecule has 0 atom stereocenters. The van der Waals surface area contributed by atoms with Crippen LogP contribution in [0.15, 0.2) is 21.3 Å². The molecule has 0 amide bonds. The third-order valence-electron chi connectivity index (χ3n) is 2.84. The molecule has 7 nitrogen and oxygen atoms in total. The number of hydrogen-bond donors (Lipinski definition) is 3. The molecule has 7 heteroatoms. The van der Waals surface area contributed by atoms with Crippen LogP contribution in [0.5, 0.6) is 0 Å². The maximum Gasteiger partial charge on any atom is 0.417 e. The molecule has 0 aliphatic rings. The number of aliphatic hydroxyl groups excluding tert-OH is 1. The van der Waals surface area contributed by atoms with Crippen molar-refractivity contribution >= 4 is 22.5 Å². The molecule has 0 bridgehead atoms. The second kappa shape index (κ2) is 5.77. The van der Waals surface area contributed by atoms with E-state index in [1.54, 1.807) is 19.2 Å². The summed E-state index contributed by atoms with van der Waals surface area (Å²) in [4.78, 5) is 15.6. The summed E-state index contributed by atoms with van der Waals surface area (Å²) in [7, 11) is 1.61. The molecular formula is C12H17N3O4. The minimum atomic E-state index is -0.517. The number of benzene rings is 1. The Morgan fingerprint density at radius 1 is 1.47 bits per heavy atom. The molecule has 0 saturated heterocycles. The fourth-order valence-corrected chi connectivity index (χ4v) is 1.95. The normalized spacial score (nSPS) is 11.1. The number of nitrogens with two attached hydrogens (primary N) is 1. The summed E-state index contributed by atoms with van der Waals surface area (Å²) < 4.78 is 9.97. The highest BCUT2D eigenvalue weighted by atomic mass is 16.5. The first-order valence-corrected chi connectivity index (χ1v) is 5.92. The lowest BCUT2D eigenvalue weighted by Crippen LogP contribution is -2.30. The van der Waals surface area contributed by atoms with Crippen molar-refractivity contribution in [2.45, 2.75) is 0 Å². The predicted molar refractivity (Wildman–Crippen MR) is 72.4 cm³/mol. The summed E-state index contributed by atoms with van der Waals surface area (Å²) in [5.74, 6) is -0.517. The number of nitrogens with one attached hydrogen (secondary N) is 1. The molecule has 19 heavy (non-hydrogen) atoms. The van der Waals surface area contributed by atoms with Crippen molar-refractivity contribution in [2.24, 2.45) is 0 Å². The molecule has 2 rings (SSSR count). The number of H-pyrrole nitrogens is 1. The van der Waals surface area contributed by atoms with E-state index in [4.69, 9.17) is 20.0 Å². The van der Waals surface area contributed by atoms with E-state index < -0.39 is 5.76 Å². The number of nitrogen functional groups attached to an aromatic ring is 1. The largest absolute Gasteiger partial charge is 0.417 e. The number of hydrogen-bond acceptors (Lipinski definition) is 6. The monoisotopic (exact) mass is 267 g/mol. The minimum absolute atomic E-state index is 0.00307. The Hall–Kier alpha value is -1.99. The first kappa shape index (κ1) is 13.4. The van der Waals surface area contributed by atoms with E-state index in [0.29, 0.717) is 36.5 Å². The number of ether oxygens (including phenoxy) is 1. The van der Waals surface area contributed by atoms with Gasteiger partial charge in [-0.3, -0.25) is 4.98 Å². The molecule has 0 spiro atoms. The maximum atomic E-state index is 11.1. The van der Waals surface area contributed by atoms with Gasteiger partial charge >= 0.3 is 5.76 Å². The van der Waals surface area contributed by atoms with Crippen molar-refractivity contribution in [3.05, 3.63) is 22.7 Å². The summed E-state index contributed by atoms with van der Waals surface area (Å²) in [5.41, 5.74) is 8.17. The van der Waals surface area contributed by atoms with E-state index in [2.05, 4.69) is 4.98 Å². The molecule has 104 valence electrons. The number of fused-ring (bicyclic) bond motifs is 1. The molecule has 4 N–H and O–H groups in total. The lowest BCUT2D eigenvalue weighted by atomic mass is 10.2. The zero-order valence-electron chi connectivity index (χ0n) is 10.7. The topological polar surface area (TPSA) is 105 Å². The molecule has 0 unspecified atom stereocenters. The lowest BCUT2D eigenvalue weighted by Gasteiger charge is -2.24. The van der Waals surface area contributed by atoms with E-state index in [1.165, 1.54) is 0 Å². The van der Waals surface area contributed by atoms with Gasteiger partial charge in [0.25, 0.3) is 0 Å². The molecular weight excluding hydrogens is 250 g/mol. The van der Waals surface area contributed by atoms with Crippen molar-refractivity contribution in [1.82, 2.24) is 4.98 Å². The Morgan fingerprint density at radius 2 is 2.26 bits per heavy atom. The first-order valence-electron chi connectivity index (χ1n) is 5.92. The van der Waals surface area contributed by atoms with Crippen LogP contribution >= 0.6 is 0 Å². The summed E-state index contributed by atoms with van der Waals surface area (Å²) in [5, 5.41) is 9.11. The van der Waals surface area contributed by atoms with Gasteiger partial charge in [0.1, 0.15) is 0 Å². The van der Waals surface area contributed by atoms with Gasteiger partial charge in [0.15, 0.2) is 5.58 Å². The van der Waals surface area contributed by atoms with Gasteiger partial charge < -0.3 is 24.9 Å². The Kier molecular flexibility index (Phi) is 4.08. The summed E-state index contributed by atoms with van der Waals surface area (Å²) in [6.07, 6.45) is 0. The SMILES string of the molecule is COCCN(CCO)c1cc2[nH]c(=O)oc2cc1N. The Balaban J connectivity index is 2.39. The number of aromatic nitrogens is 1. The van der Waals surface area contributed by atoms with Gasteiger partial charge in [-0.2, -0.15) is 0 Å². The molecule has 1 aromatic carbocycles. The number of methoxy groups -OCH3 is 1. The highest BCUT2D eigenvalue weighted by Gasteiger charge is 2.12. The van der Waals surface area contributed by atoms with Gasteiger partial charge in [0.2, 0.25) is 0 Å². The molecule has 0 aliphatic heterocycles. The van der Waals surface area contributed by atoms with Crippen LogP contribution in [0, 0.1) is 0 Å². The number of oxazole rings is 1. The van der Waals surface area contributed by atoms with Gasteiger partial charge in [-0.25, -0.2) is 4.79 Å². The Bertz CT molecular complexity index is 605. The van der Waals surface area contributed by atoms with Gasteiger partial charge in [0.05, 0.1) is 30.1 Å². The van der Waals surface area contributed by atoms with Crippen molar-refractivity contribution in [1.29, 1.82) is 0 Å². The van der Waals surface area contributed by atoms with Crippen LogP contribution < -0.4 is 16.4 Å². The molecule has 1 aromatic heterocycles. The van der Waals surface area contributed by atoms with Gasteiger partial charge in [-0.1, -0.05) is 0 Å². The van der Waals surface area contributed by atoms with Crippen molar-refractivity contribution in [2.75, 3.05) is 44.0 Å².